The molecule has 3 heterocycles. The highest BCUT2D eigenvalue weighted by atomic mass is 16.3. The summed E-state index contributed by atoms with van der Waals surface area (Å²) in [6.07, 6.45) is 10.2. The van der Waals surface area contributed by atoms with Crippen LogP contribution in [0, 0.1) is 0 Å². The zero-order chi connectivity index (χ0) is 20.1. The van der Waals surface area contributed by atoms with Gasteiger partial charge >= 0.3 is 0 Å². The zero-order valence-electron chi connectivity index (χ0n) is 16.2. The molecule has 0 aliphatic heterocycles. The Morgan fingerprint density at radius 1 is 1.10 bits per heavy atom. The average molecular weight is 396 g/mol. The van der Waals surface area contributed by atoms with Crippen LogP contribution < -0.4 is 5.32 Å². The maximum Gasteiger partial charge on any atom is 0.180 e. The van der Waals surface area contributed by atoms with Crippen LogP contribution in [0.4, 0.5) is 11.5 Å². The molecular weight excluding hydrogens is 376 g/mol. The highest BCUT2D eigenvalue weighted by Crippen LogP contribution is 2.41. The lowest BCUT2D eigenvalue weighted by Crippen LogP contribution is -2.33. The van der Waals surface area contributed by atoms with E-state index < -0.39 is 5.60 Å². The molecule has 0 saturated heterocycles. The lowest BCUT2D eigenvalue weighted by molar-refractivity contribution is -0.0387. The molecule has 0 radical (unpaired) electrons. The smallest absolute Gasteiger partial charge is 0.180 e. The standard InChI is InChI=1S/C23H20N6O/c30-23(8-1-9-23)17-4-6-18(7-5-17)26-21-22-24-10-11-29(22)14-20(27-21)15-2-3-16-13-25-28-19(16)12-15/h2-7,10-14,30H,1,8-9H2,(H,25,28)(H,26,27). The predicted molar refractivity (Wildman–Crippen MR) is 116 cm³/mol. The first-order chi connectivity index (χ1) is 14.7. The van der Waals surface area contributed by atoms with E-state index in [4.69, 9.17) is 4.98 Å². The minimum absolute atomic E-state index is 0.654. The maximum atomic E-state index is 10.5. The number of fused-ring (bicyclic) bond motifs is 2. The van der Waals surface area contributed by atoms with Crippen LogP contribution >= 0.6 is 0 Å². The van der Waals surface area contributed by atoms with Crippen LogP contribution in [-0.4, -0.2) is 29.7 Å². The van der Waals surface area contributed by atoms with Crippen molar-refractivity contribution in [1.82, 2.24) is 24.6 Å². The second kappa shape index (κ2) is 6.40. The van der Waals surface area contributed by atoms with E-state index in [-0.39, 0.29) is 0 Å². The van der Waals surface area contributed by atoms with Crippen molar-refractivity contribution in [2.75, 3.05) is 5.32 Å². The van der Waals surface area contributed by atoms with Crippen LogP contribution in [-0.2, 0) is 5.60 Å². The Bertz CT molecular complexity index is 1360. The molecule has 0 atom stereocenters. The monoisotopic (exact) mass is 396 g/mol. The third-order valence-electron chi connectivity index (χ3n) is 5.98. The maximum absolute atomic E-state index is 10.5. The summed E-state index contributed by atoms with van der Waals surface area (Å²) in [5.41, 5.74) is 4.77. The van der Waals surface area contributed by atoms with Crippen LogP contribution in [0.2, 0.25) is 0 Å². The minimum Gasteiger partial charge on any atom is -0.385 e. The molecule has 0 spiro atoms. The minimum atomic E-state index is -0.654. The number of H-pyrrole nitrogens is 1. The Hall–Kier alpha value is -3.71. The summed E-state index contributed by atoms with van der Waals surface area (Å²) in [7, 11) is 0. The molecule has 148 valence electrons. The first-order valence-electron chi connectivity index (χ1n) is 10.1. The molecule has 30 heavy (non-hydrogen) atoms. The number of nitrogens with zero attached hydrogens (tertiary/aromatic N) is 4. The van der Waals surface area contributed by atoms with Crippen LogP contribution in [0.25, 0.3) is 27.8 Å². The summed E-state index contributed by atoms with van der Waals surface area (Å²) in [6, 6.07) is 14.1. The van der Waals surface area contributed by atoms with Crippen LogP contribution in [0.5, 0.6) is 0 Å². The number of hydrogen-bond donors (Lipinski definition) is 3. The van der Waals surface area contributed by atoms with Gasteiger partial charge in [0.2, 0.25) is 0 Å². The van der Waals surface area contributed by atoms with Crippen LogP contribution in [0.3, 0.4) is 0 Å². The van der Waals surface area contributed by atoms with Crippen molar-refractivity contribution in [2.24, 2.45) is 0 Å². The number of aliphatic hydroxyl groups is 1. The van der Waals surface area contributed by atoms with E-state index in [9.17, 15) is 5.11 Å². The van der Waals surface area contributed by atoms with Gasteiger partial charge < -0.3 is 14.8 Å². The molecule has 6 rings (SSSR count). The van der Waals surface area contributed by atoms with Gasteiger partial charge in [0, 0.05) is 35.2 Å². The molecule has 1 aliphatic rings. The fourth-order valence-corrected chi connectivity index (χ4v) is 4.05. The van der Waals surface area contributed by atoms with Gasteiger partial charge in [-0.05, 0) is 43.0 Å². The predicted octanol–water partition coefficient (Wildman–Crippen LogP) is 4.39. The van der Waals surface area contributed by atoms with E-state index in [1.165, 1.54) is 0 Å². The van der Waals surface area contributed by atoms with Crippen molar-refractivity contribution < 1.29 is 5.11 Å². The third kappa shape index (κ3) is 2.74. The van der Waals surface area contributed by atoms with Crippen molar-refractivity contribution in [3.05, 3.63) is 72.8 Å². The molecule has 0 amide bonds. The first kappa shape index (κ1) is 17.2. The molecule has 1 fully saturated rings. The summed E-state index contributed by atoms with van der Waals surface area (Å²) >= 11 is 0. The molecule has 5 aromatic rings. The second-order valence-electron chi connectivity index (χ2n) is 7.89. The van der Waals surface area contributed by atoms with Crippen LogP contribution in [0.15, 0.2) is 67.3 Å². The van der Waals surface area contributed by atoms with Gasteiger partial charge in [0.1, 0.15) is 0 Å². The second-order valence-corrected chi connectivity index (χ2v) is 7.89. The number of anilines is 2. The summed E-state index contributed by atoms with van der Waals surface area (Å²) in [6.45, 7) is 0. The SMILES string of the molecule is OC1(c2ccc(Nc3nc(-c4ccc5cn[nH]c5c4)cn4ccnc34)cc2)CCC1. The highest BCUT2D eigenvalue weighted by molar-refractivity contribution is 5.84. The Balaban J connectivity index is 1.38. The van der Waals surface area contributed by atoms with Crippen molar-refractivity contribution in [3.8, 4) is 11.3 Å². The van der Waals surface area contributed by atoms with Gasteiger partial charge in [-0.2, -0.15) is 5.10 Å². The van der Waals surface area contributed by atoms with E-state index in [1.807, 2.05) is 65.5 Å². The molecule has 1 saturated carbocycles. The van der Waals surface area contributed by atoms with Gasteiger partial charge in [-0.1, -0.05) is 24.3 Å². The topological polar surface area (TPSA) is 91.1 Å². The molecule has 7 nitrogen and oxygen atoms in total. The Morgan fingerprint density at radius 3 is 2.77 bits per heavy atom. The molecule has 1 aliphatic carbocycles. The highest BCUT2D eigenvalue weighted by Gasteiger charge is 2.35. The Labute approximate surface area is 172 Å². The normalized spacial score (nSPS) is 15.4. The number of hydrogen-bond acceptors (Lipinski definition) is 5. The lowest BCUT2D eigenvalue weighted by atomic mass is 9.75. The van der Waals surface area contributed by atoms with Gasteiger partial charge in [0.25, 0.3) is 0 Å². The molecular formula is C23H20N6O. The van der Waals surface area contributed by atoms with Gasteiger partial charge in [-0.15, -0.1) is 0 Å². The Morgan fingerprint density at radius 2 is 1.97 bits per heavy atom. The molecule has 0 bridgehead atoms. The zero-order valence-corrected chi connectivity index (χ0v) is 16.2. The third-order valence-corrected chi connectivity index (χ3v) is 5.98. The number of benzene rings is 2. The molecule has 3 N–H and O–H groups in total. The van der Waals surface area contributed by atoms with Gasteiger partial charge in [0.15, 0.2) is 11.5 Å². The van der Waals surface area contributed by atoms with Gasteiger partial charge in [-0.25, -0.2) is 9.97 Å². The molecule has 3 aromatic heterocycles. The lowest BCUT2D eigenvalue weighted by Gasteiger charge is -2.37. The van der Waals surface area contributed by atoms with Crippen molar-refractivity contribution in [3.63, 3.8) is 0 Å². The first-order valence-corrected chi connectivity index (χ1v) is 10.1. The number of aromatic nitrogens is 5. The van der Waals surface area contributed by atoms with E-state index in [1.54, 1.807) is 6.20 Å². The van der Waals surface area contributed by atoms with Crippen molar-refractivity contribution >= 4 is 28.1 Å². The van der Waals surface area contributed by atoms with Gasteiger partial charge in [-0.3, -0.25) is 5.10 Å². The number of rotatable bonds is 4. The number of nitrogens with one attached hydrogen (secondary N) is 2. The molecule has 2 aromatic carbocycles. The van der Waals surface area contributed by atoms with Crippen molar-refractivity contribution in [2.45, 2.75) is 24.9 Å². The summed E-state index contributed by atoms with van der Waals surface area (Å²) in [5.74, 6) is 0.678. The summed E-state index contributed by atoms with van der Waals surface area (Å²) < 4.78 is 1.97. The quantitative estimate of drug-likeness (QED) is 0.419. The fourth-order valence-electron chi connectivity index (χ4n) is 4.05. The van der Waals surface area contributed by atoms with E-state index >= 15 is 0 Å². The fraction of sp³-hybridized carbons (Fsp3) is 0.174. The molecule has 0 unspecified atom stereocenters. The van der Waals surface area contributed by atoms with Gasteiger partial charge in [0.05, 0.1) is 23.0 Å². The number of aromatic amines is 1. The van der Waals surface area contributed by atoms with Crippen LogP contribution in [0.1, 0.15) is 24.8 Å². The Kier molecular flexibility index (Phi) is 3.66. The molecule has 7 heteroatoms. The van der Waals surface area contributed by atoms with Crippen molar-refractivity contribution in [1.29, 1.82) is 0 Å². The summed E-state index contributed by atoms with van der Waals surface area (Å²) in [4.78, 5) is 9.30. The largest absolute Gasteiger partial charge is 0.385 e. The van der Waals surface area contributed by atoms with E-state index in [2.05, 4.69) is 20.5 Å². The van der Waals surface area contributed by atoms with E-state index in [0.29, 0.717) is 5.82 Å². The van der Waals surface area contributed by atoms with E-state index in [0.717, 1.165) is 58.3 Å². The number of imidazole rings is 1. The summed E-state index contributed by atoms with van der Waals surface area (Å²) in [5, 5.41) is 22.1. The average Bonchev–Trinajstić information content (AvgIpc) is 3.41.